The van der Waals surface area contributed by atoms with Gasteiger partial charge in [-0.2, -0.15) is 0 Å². The third-order valence-electron chi connectivity index (χ3n) is 5.09. The number of ether oxygens (including phenoxy) is 2. The highest BCUT2D eigenvalue weighted by atomic mass is 16.5. The molecule has 156 valence electrons. The number of benzene rings is 3. The number of aryl methyl sites for hydroxylation is 1. The van der Waals surface area contributed by atoms with E-state index in [1.807, 2.05) is 19.1 Å². The van der Waals surface area contributed by atoms with Crippen LogP contribution >= 0.6 is 0 Å². The first-order chi connectivity index (χ1) is 15.0. The summed E-state index contributed by atoms with van der Waals surface area (Å²) in [7, 11) is 3.04. The van der Waals surface area contributed by atoms with Crippen molar-refractivity contribution in [2.24, 2.45) is 0 Å². The van der Waals surface area contributed by atoms with Gasteiger partial charge in [-0.25, -0.2) is 0 Å². The highest BCUT2D eigenvalue weighted by Crippen LogP contribution is 2.32. The van der Waals surface area contributed by atoms with Gasteiger partial charge in [-0.15, -0.1) is 0 Å². The molecule has 0 fully saturated rings. The number of carbonyl (C=O) groups excluding carboxylic acids is 2. The van der Waals surface area contributed by atoms with Crippen LogP contribution in [0.3, 0.4) is 0 Å². The van der Waals surface area contributed by atoms with Crippen LogP contribution in [-0.2, 0) is 0 Å². The second kappa shape index (κ2) is 8.36. The summed E-state index contributed by atoms with van der Waals surface area (Å²) in [6, 6.07) is 19.3. The van der Waals surface area contributed by atoms with E-state index in [4.69, 9.17) is 13.9 Å². The Morgan fingerprint density at radius 2 is 1.68 bits per heavy atom. The zero-order valence-corrected chi connectivity index (χ0v) is 17.4. The summed E-state index contributed by atoms with van der Waals surface area (Å²) in [4.78, 5) is 25.7. The number of hydrogen-bond donors (Lipinski definition) is 1. The predicted molar refractivity (Wildman–Crippen MR) is 118 cm³/mol. The maximum absolute atomic E-state index is 13.2. The molecule has 1 amide bonds. The first-order valence-corrected chi connectivity index (χ1v) is 9.68. The van der Waals surface area contributed by atoms with Crippen molar-refractivity contribution < 1.29 is 23.5 Å². The number of anilines is 1. The highest BCUT2D eigenvalue weighted by molar-refractivity contribution is 6.12. The molecule has 31 heavy (non-hydrogen) atoms. The average molecular weight is 415 g/mol. The average Bonchev–Trinajstić information content (AvgIpc) is 3.14. The number of ketones is 1. The van der Waals surface area contributed by atoms with Crippen molar-refractivity contribution in [3.63, 3.8) is 0 Å². The van der Waals surface area contributed by atoms with Crippen LogP contribution in [0.4, 0.5) is 5.69 Å². The van der Waals surface area contributed by atoms with E-state index in [1.54, 1.807) is 54.6 Å². The van der Waals surface area contributed by atoms with Crippen molar-refractivity contribution >= 4 is 28.3 Å². The van der Waals surface area contributed by atoms with Crippen LogP contribution in [0.1, 0.15) is 32.0 Å². The van der Waals surface area contributed by atoms with Crippen LogP contribution in [0.15, 0.2) is 71.1 Å². The predicted octanol–water partition coefficient (Wildman–Crippen LogP) is 5.24. The fourth-order valence-corrected chi connectivity index (χ4v) is 3.43. The molecular formula is C25H21NO5. The summed E-state index contributed by atoms with van der Waals surface area (Å²) in [6.07, 6.45) is 0. The lowest BCUT2D eigenvalue weighted by Gasteiger charge is -2.08. The normalized spacial score (nSPS) is 10.7. The highest BCUT2D eigenvalue weighted by Gasteiger charge is 2.23. The maximum atomic E-state index is 13.2. The fourth-order valence-electron chi connectivity index (χ4n) is 3.43. The SMILES string of the molecule is COc1ccc(OC)c(C(=O)c2oc3cc(NC(=O)c4ccccc4)ccc3c2C)c1. The van der Waals surface area contributed by atoms with Gasteiger partial charge in [-0.3, -0.25) is 9.59 Å². The van der Waals surface area contributed by atoms with Crippen LogP contribution in [-0.4, -0.2) is 25.9 Å². The van der Waals surface area contributed by atoms with Gasteiger partial charge in [0, 0.05) is 28.3 Å². The van der Waals surface area contributed by atoms with Gasteiger partial charge in [-0.1, -0.05) is 18.2 Å². The van der Waals surface area contributed by atoms with Gasteiger partial charge < -0.3 is 19.2 Å². The molecule has 0 aliphatic carbocycles. The van der Waals surface area contributed by atoms with E-state index in [0.29, 0.717) is 39.5 Å². The van der Waals surface area contributed by atoms with Crippen molar-refractivity contribution in [1.82, 2.24) is 0 Å². The lowest BCUT2D eigenvalue weighted by Crippen LogP contribution is -2.11. The van der Waals surface area contributed by atoms with E-state index in [0.717, 1.165) is 5.39 Å². The Hall–Kier alpha value is -4.06. The summed E-state index contributed by atoms with van der Waals surface area (Å²) in [5, 5.41) is 3.65. The minimum absolute atomic E-state index is 0.216. The largest absolute Gasteiger partial charge is 0.497 e. The topological polar surface area (TPSA) is 77.8 Å². The molecule has 6 nitrogen and oxygen atoms in total. The molecule has 4 rings (SSSR count). The standard InChI is InChI=1S/C25H21NO5/c1-15-19-11-9-17(26-25(28)16-7-5-4-6-8-16)13-22(19)31-24(15)23(27)20-14-18(29-2)10-12-21(20)30-3/h4-14H,1-3H3,(H,26,28). The summed E-state index contributed by atoms with van der Waals surface area (Å²) in [5.74, 6) is 0.665. The van der Waals surface area contributed by atoms with E-state index in [1.165, 1.54) is 14.2 Å². The Bertz CT molecular complexity index is 1270. The van der Waals surface area contributed by atoms with Crippen molar-refractivity contribution in [1.29, 1.82) is 0 Å². The Labute approximate surface area is 179 Å². The molecule has 0 unspecified atom stereocenters. The molecule has 0 aliphatic heterocycles. The molecular weight excluding hydrogens is 394 g/mol. The van der Waals surface area contributed by atoms with Crippen LogP contribution in [0.5, 0.6) is 11.5 Å². The summed E-state index contributed by atoms with van der Waals surface area (Å²) >= 11 is 0. The number of rotatable bonds is 6. The monoisotopic (exact) mass is 415 g/mol. The minimum atomic E-state index is -0.306. The molecule has 4 aromatic rings. The van der Waals surface area contributed by atoms with Crippen molar-refractivity contribution in [2.45, 2.75) is 6.92 Å². The summed E-state index contributed by atoms with van der Waals surface area (Å²) < 4.78 is 16.5. The van der Waals surface area contributed by atoms with E-state index in [-0.39, 0.29) is 17.5 Å². The first-order valence-electron chi connectivity index (χ1n) is 9.68. The number of amides is 1. The van der Waals surface area contributed by atoms with E-state index in [2.05, 4.69) is 5.32 Å². The van der Waals surface area contributed by atoms with Gasteiger partial charge in [0.05, 0.1) is 19.8 Å². The molecule has 0 aliphatic rings. The second-order valence-electron chi connectivity index (χ2n) is 6.98. The molecule has 0 saturated heterocycles. The van der Waals surface area contributed by atoms with Crippen LogP contribution in [0.2, 0.25) is 0 Å². The Balaban J connectivity index is 1.68. The van der Waals surface area contributed by atoms with E-state index in [9.17, 15) is 9.59 Å². The van der Waals surface area contributed by atoms with Gasteiger partial charge in [0.25, 0.3) is 5.91 Å². The molecule has 0 spiro atoms. The number of furan rings is 1. The van der Waals surface area contributed by atoms with Gasteiger partial charge >= 0.3 is 0 Å². The summed E-state index contributed by atoms with van der Waals surface area (Å²) in [6.45, 7) is 1.83. The van der Waals surface area contributed by atoms with Crippen molar-refractivity contribution in [2.75, 3.05) is 19.5 Å². The van der Waals surface area contributed by atoms with Crippen LogP contribution in [0.25, 0.3) is 11.0 Å². The van der Waals surface area contributed by atoms with Crippen LogP contribution < -0.4 is 14.8 Å². The van der Waals surface area contributed by atoms with Gasteiger partial charge in [0.15, 0.2) is 5.76 Å². The molecule has 6 heteroatoms. The molecule has 1 aromatic heterocycles. The Morgan fingerprint density at radius 1 is 0.903 bits per heavy atom. The number of hydrogen-bond acceptors (Lipinski definition) is 5. The number of nitrogens with one attached hydrogen (secondary N) is 1. The number of carbonyl (C=O) groups is 2. The third kappa shape index (κ3) is 3.88. The number of fused-ring (bicyclic) bond motifs is 1. The Morgan fingerprint density at radius 3 is 2.39 bits per heavy atom. The molecule has 1 heterocycles. The zero-order valence-electron chi connectivity index (χ0n) is 17.4. The quantitative estimate of drug-likeness (QED) is 0.436. The molecule has 0 bridgehead atoms. The lowest BCUT2D eigenvalue weighted by atomic mass is 10.0. The first kappa shape index (κ1) is 20.2. The molecule has 3 aromatic carbocycles. The maximum Gasteiger partial charge on any atom is 0.255 e. The Kier molecular flexibility index (Phi) is 5.45. The van der Waals surface area contributed by atoms with Crippen molar-refractivity contribution in [3.05, 3.63) is 89.2 Å². The molecule has 1 N–H and O–H groups in total. The minimum Gasteiger partial charge on any atom is -0.497 e. The van der Waals surface area contributed by atoms with Gasteiger partial charge in [0.2, 0.25) is 5.78 Å². The fraction of sp³-hybridized carbons (Fsp3) is 0.120. The zero-order chi connectivity index (χ0) is 22.0. The molecule has 0 saturated carbocycles. The third-order valence-corrected chi connectivity index (χ3v) is 5.09. The number of methoxy groups -OCH3 is 2. The molecule has 0 radical (unpaired) electrons. The van der Waals surface area contributed by atoms with E-state index < -0.39 is 0 Å². The summed E-state index contributed by atoms with van der Waals surface area (Å²) in [5.41, 5.74) is 2.70. The lowest BCUT2D eigenvalue weighted by molar-refractivity contribution is 0.100. The molecule has 0 atom stereocenters. The smallest absolute Gasteiger partial charge is 0.255 e. The van der Waals surface area contributed by atoms with Gasteiger partial charge in [-0.05, 0) is 49.4 Å². The van der Waals surface area contributed by atoms with Crippen LogP contribution in [0, 0.1) is 6.92 Å². The van der Waals surface area contributed by atoms with E-state index >= 15 is 0 Å². The van der Waals surface area contributed by atoms with Gasteiger partial charge in [0.1, 0.15) is 17.1 Å². The van der Waals surface area contributed by atoms with Crippen molar-refractivity contribution in [3.8, 4) is 11.5 Å². The second-order valence-corrected chi connectivity index (χ2v) is 6.98.